The van der Waals surface area contributed by atoms with Gasteiger partial charge in [0.1, 0.15) is 5.82 Å². The molecule has 1 aromatic carbocycles. The third kappa shape index (κ3) is 1.78. The summed E-state index contributed by atoms with van der Waals surface area (Å²) in [4.78, 5) is 20.4. The summed E-state index contributed by atoms with van der Waals surface area (Å²) in [7, 11) is 0. The Morgan fingerprint density at radius 1 is 1.17 bits per heavy atom. The Morgan fingerprint density at radius 3 is 2.78 bits per heavy atom. The van der Waals surface area contributed by atoms with Crippen molar-refractivity contribution >= 4 is 22.8 Å². The summed E-state index contributed by atoms with van der Waals surface area (Å²) >= 11 is 5.73. The predicted molar refractivity (Wildman–Crippen MR) is 67.1 cm³/mol. The Bertz CT molecular complexity index is 793. The second-order valence-corrected chi connectivity index (χ2v) is 4.24. The molecule has 0 aliphatic heterocycles. The minimum atomic E-state index is -0.468. The van der Waals surface area contributed by atoms with Crippen LogP contribution in [0.3, 0.4) is 0 Å². The number of hydrogen-bond acceptors (Lipinski definition) is 2. The number of aromatic amines is 2. The third-order valence-electron chi connectivity index (χ3n) is 2.62. The number of hydrogen-bond donors (Lipinski definition) is 2. The van der Waals surface area contributed by atoms with Crippen LogP contribution in [0.4, 0.5) is 4.39 Å². The Balaban J connectivity index is 2.18. The number of nitrogens with one attached hydrogen (secondary N) is 2. The molecule has 0 unspecified atom stereocenters. The molecule has 0 saturated carbocycles. The molecular weight excluding hydrogens is 257 g/mol. The minimum absolute atomic E-state index is 0.0511. The van der Waals surface area contributed by atoms with E-state index in [1.807, 2.05) is 0 Å². The molecule has 18 heavy (non-hydrogen) atoms. The molecule has 90 valence electrons. The topological polar surface area (TPSA) is 61.5 Å². The summed E-state index contributed by atoms with van der Waals surface area (Å²) in [5.41, 5.74) is 2.25. The van der Waals surface area contributed by atoms with Crippen molar-refractivity contribution in [3.8, 4) is 11.1 Å². The Hall–Kier alpha value is -2.14. The van der Waals surface area contributed by atoms with E-state index < -0.39 is 5.82 Å². The quantitative estimate of drug-likeness (QED) is 0.709. The smallest absolute Gasteiger partial charge is 0.304 e. The fourth-order valence-corrected chi connectivity index (χ4v) is 1.93. The molecule has 6 heteroatoms. The van der Waals surface area contributed by atoms with E-state index in [-0.39, 0.29) is 10.7 Å². The summed E-state index contributed by atoms with van der Waals surface area (Å²) < 4.78 is 13.1. The Labute approximate surface area is 105 Å². The van der Waals surface area contributed by atoms with Gasteiger partial charge in [-0.15, -0.1) is 0 Å². The first-order chi connectivity index (χ1) is 8.63. The molecule has 0 aliphatic carbocycles. The van der Waals surface area contributed by atoms with Gasteiger partial charge in [0.25, 0.3) is 0 Å². The van der Waals surface area contributed by atoms with Crippen molar-refractivity contribution in [2.75, 3.05) is 0 Å². The predicted octanol–water partition coefficient (Wildman–Crippen LogP) is 2.71. The van der Waals surface area contributed by atoms with Crippen LogP contribution in [0.25, 0.3) is 22.3 Å². The second-order valence-electron chi connectivity index (χ2n) is 3.83. The van der Waals surface area contributed by atoms with Crippen LogP contribution >= 0.6 is 11.6 Å². The molecule has 0 atom stereocenters. The molecule has 2 N–H and O–H groups in total. The van der Waals surface area contributed by atoms with Crippen LogP contribution in [-0.2, 0) is 0 Å². The number of fused-ring (bicyclic) bond motifs is 1. The number of pyridine rings is 1. The highest BCUT2D eigenvalue weighted by Crippen LogP contribution is 2.25. The van der Waals surface area contributed by atoms with E-state index >= 15 is 0 Å². The Morgan fingerprint density at radius 2 is 2.00 bits per heavy atom. The average Bonchev–Trinajstić information content (AvgIpc) is 2.71. The van der Waals surface area contributed by atoms with Gasteiger partial charge in [0.05, 0.1) is 10.5 Å². The fraction of sp³-hybridized carbons (Fsp3) is 0. The van der Waals surface area contributed by atoms with Crippen molar-refractivity contribution in [1.82, 2.24) is 15.0 Å². The van der Waals surface area contributed by atoms with Gasteiger partial charge in [-0.2, -0.15) is 0 Å². The van der Waals surface area contributed by atoms with Crippen LogP contribution in [0, 0.1) is 5.82 Å². The van der Waals surface area contributed by atoms with Crippen LogP contribution in [0.5, 0.6) is 0 Å². The second kappa shape index (κ2) is 3.96. The van der Waals surface area contributed by atoms with E-state index in [1.165, 1.54) is 12.1 Å². The largest absolute Gasteiger partial charge is 0.325 e. The summed E-state index contributed by atoms with van der Waals surface area (Å²) in [6, 6.07) is 6.17. The monoisotopic (exact) mass is 263 g/mol. The number of aromatic nitrogens is 3. The van der Waals surface area contributed by atoms with Gasteiger partial charge in [-0.05, 0) is 23.8 Å². The molecule has 0 bridgehead atoms. The van der Waals surface area contributed by atoms with Gasteiger partial charge in [0.15, 0.2) is 5.65 Å². The molecule has 2 heterocycles. The molecule has 0 saturated heterocycles. The maximum atomic E-state index is 13.1. The lowest BCUT2D eigenvalue weighted by molar-refractivity contribution is 0.628. The standard InChI is InChI=1S/C12H7ClFN3O/c13-8-3-6(1-2-9(8)14)7-4-10-11(15-5-7)17-12(18)16-10/h1-5H,(H2,15,16,17,18). The van der Waals surface area contributed by atoms with Crippen molar-refractivity contribution in [1.29, 1.82) is 0 Å². The molecule has 0 radical (unpaired) electrons. The van der Waals surface area contributed by atoms with E-state index in [9.17, 15) is 9.18 Å². The van der Waals surface area contributed by atoms with Gasteiger partial charge in [-0.3, -0.25) is 4.98 Å². The van der Waals surface area contributed by atoms with E-state index in [1.54, 1.807) is 18.3 Å². The van der Waals surface area contributed by atoms with Crippen LogP contribution in [0.1, 0.15) is 0 Å². The van der Waals surface area contributed by atoms with Crippen molar-refractivity contribution in [3.63, 3.8) is 0 Å². The lowest BCUT2D eigenvalue weighted by Gasteiger charge is -2.02. The minimum Gasteiger partial charge on any atom is -0.304 e. The highest BCUT2D eigenvalue weighted by atomic mass is 35.5. The lowest BCUT2D eigenvalue weighted by atomic mass is 10.1. The molecular formula is C12H7ClFN3O. The van der Waals surface area contributed by atoms with Crippen molar-refractivity contribution in [3.05, 3.63) is 51.8 Å². The SMILES string of the molecule is O=c1[nH]c2cc(-c3ccc(F)c(Cl)c3)cnc2[nH]1. The molecule has 3 rings (SSSR count). The van der Waals surface area contributed by atoms with Gasteiger partial charge in [0.2, 0.25) is 0 Å². The van der Waals surface area contributed by atoms with Crippen LogP contribution < -0.4 is 5.69 Å². The summed E-state index contributed by atoms with van der Waals surface area (Å²) in [6.07, 6.45) is 1.59. The number of imidazole rings is 1. The number of H-pyrrole nitrogens is 2. The van der Waals surface area contributed by atoms with Crippen molar-refractivity contribution in [2.24, 2.45) is 0 Å². The van der Waals surface area contributed by atoms with Crippen LogP contribution in [0.2, 0.25) is 5.02 Å². The van der Waals surface area contributed by atoms with Gasteiger partial charge < -0.3 is 4.98 Å². The number of rotatable bonds is 1. The first-order valence-corrected chi connectivity index (χ1v) is 5.55. The number of benzene rings is 1. The fourth-order valence-electron chi connectivity index (χ4n) is 1.75. The molecule has 2 aromatic heterocycles. The van der Waals surface area contributed by atoms with E-state index in [0.29, 0.717) is 11.2 Å². The van der Waals surface area contributed by atoms with E-state index in [2.05, 4.69) is 15.0 Å². The summed E-state index contributed by atoms with van der Waals surface area (Å²) in [5, 5.41) is 0.0511. The molecule has 0 aliphatic rings. The summed E-state index contributed by atoms with van der Waals surface area (Å²) in [5.74, 6) is -0.468. The molecule has 0 amide bonds. The van der Waals surface area contributed by atoms with Crippen LogP contribution in [-0.4, -0.2) is 15.0 Å². The van der Waals surface area contributed by atoms with Gasteiger partial charge in [0, 0.05) is 11.8 Å². The van der Waals surface area contributed by atoms with Gasteiger partial charge >= 0.3 is 5.69 Å². The van der Waals surface area contributed by atoms with Gasteiger partial charge in [-0.1, -0.05) is 17.7 Å². The molecule has 3 aromatic rings. The Kier molecular flexibility index (Phi) is 2.41. The van der Waals surface area contributed by atoms with Gasteiger partial charge in [-0.25, -0.2) is 14.2 Å². The first kappa shape index (κ1) is 11.0. The van der Waals surface area contributed by atoms with Crippen molar-refractivity contribution in [2.45, 2.75) is 0 Å². The maximum absolute atomic E-state index is 13.1. The normalized spacial score (nSPS) is 11.0. The highest BCUT2D eigenvalue weighted by molar-refractivity contribution is 6.31. The lowest BCUT2D eigenvalue weighted by Crippen LogP contribution is -1.99. The zero-order valence-corrected chi connectivity index (χ0v) is 9.75. The highest BCUT2D eigenvalue weighted by Gasteiger charge is 2.06. The zero-order chi connectivity index (χ0) is 12.7. The average molecular weight is 264 g/mol. The number of halogens is 2. The zero-order valence-electron chi connectivity index (χ0n) is 9.00. The van der Waals surface area contributed by atoms with E-state index in [0.717, 1.165) is 11.1 Å². The maximum Gasteiger partial charge on any atom is 0.325 e. The molecule has 0 fully saturated rings. The first-order valence-electron chi connectivity index (χ1n) is 5.17. The molecule has 4 nitrogen and oxygen atoms in total. The van der Waals surface area contributed by atoms with E-state index in [4.69, 9.17) is 11.6 Å². The molecule has 0 spiro atoms. The van der Waals surface area contributed by atoms with Crippen LogP contribution in [0.15, 0.2) is 35.3 Å². The van der Waals surface area contributed by atoms with Crippen molar-refractivity contribution < 1.29 is 4.39 Å². The third-order valence-corrected chi connectivity index (χ3v) is 2.91. The number of nitrogens with zero attached hydrogens (tertiary/aromatic N) is 1. The summed E-state index contributed by atoms with van der Waals surface area (Å²) in [6.45, 7) is 0.